The van der Waals surface area contributed by atoms with E-state index in [2.05, 4.69) is 28.5 Å². The van der Waals surface area contributed by atoms with E-state index in [4.69, 9.17) is 5.11 Å². The molecule has 2 heterocycles. The first-order valence-corrected chi connectivity index (χ1v) is 7.83. The maximum absolute atomic E-state index is 10.7. The van der Waals surface area contributed by atoms with Crippen molar-refractivity contribution < 1.29 is 9.90 Å². The fourth-order valence-corrected chi connectivity index (χ4v) is 2.87. The molecule has 0 saturated carbocycles. The van der Waals surface area contributed by atoms with Gasteiger partial charge in [0.25, 0.3) is 0 Å². The van der Waals surface area contributed by atoms with Crippen molar-refractivity contribution in [1.82, 2.24) is 19.3 Å². The van der Waals surface area contributed by atoms with E-state index in [9.17, 15) is 4.79 Å². The lowest BCUT2D eigenvalue weighted by Crippen LogP contribution is -2.09. The Hall–Kier alpha value is -1.76. The standard InChI is InChI=1S/C14H20N4O2S/c1-10(2)12-7-15-14(21-9-13(19)20)18(12)5-4-11-6-16-17(3)8-11/h6-8,10H,4-5,9H2,1-3H3,(H,19,20). The van der Waals surface area contributed by atoms with Crippen LogP contribution >= 0.6 is 11.8 Å². The molecule has 0 unspecified atom stereocenters. The monoisotopic (exact) mass is 308 g/mol. The molecule has 0 aliphatic rings. The Kier molecular flexibility index (Phi) is 5.06. The molecule has 2 aromatic heterocycles. The molecule has 0 aliphatic carbocycles. The highest BCUT2D eigenvalue weighted by molar-refractivity contribution is 7.99. The molecule has 0 bridgehead atoms. The Morgan fingerprint density at radius 2 is 2.19 bits per heavy atom. The molecule has 0 atom stereocenters. The van der Waals surface area contributed by atoms with Gasteiger partial charge in [0.1, 0.15) is 0 Å². The van der Waals surface area contributed by atoms with Gasteiger partial charge in [-0.1, -0.05) is 25.6 Å². The first kappa shape index (κ1) is 15.6. The quantitative estimate of drug-likeness (QED) is 0.794. The Balaban J connectivity index is 2.13. The van der Waals surface area contributed by atoms with Crippen molar-refractivity contribution in [3.63, 3.8) is 0 Å². The van der Waals surface area contributed by atoms with Crippen LogP contribution in [0.15, 0.2) is 23.7 Å². The lowest BCUT2D eigenvalue weighted by atomic mass is 10.1. The number of aryl methyl sites for hydroxylation is 2. The Labute approximate surface area is 128 Å². The van der Waals surface area contributed by atoms with Gasteiger partial charge >= 0.3 is 5.97 Å². The van der Waals surface area contributed by atoms with Crippen molar-refractivity contribution in [2.75, 3.05) is 5.75 Å². The molecule has 0 amide bonds. The molecule has 114 valence electrons. The number of aliphatic carboxylic acids is 1. The van der Waals surface area contributed by atoms with Crippen LogP contribution in [0.4, 0.5) is 0 Å². The number of thioether (sulfide) groups is 1. The summed E-state index contributed by atoms with van der Waals surface area (Å²) in [6.07, 6.45) is 6.55. The number of hydrogen-bond acceptors (Lipinski definition) is 4. The molecular formula is C14H20N4O2S. The fourth-order valence-electron chi connectivity index (χ4n) is 2.14. The zero-order valence-electron chi connectivity index (χ0n) is 12.5. The van der Waals surface area contributed by atoms with Crippen LogP contribution in [0.25, 0.3) is 0 Å². The molecule has 21 heavy (non-hydrogen) atoms. The van der Waals surface area contributed by atoms with Crippen LogP contribution < -0.4 is 0 Å². The van der Waals surface area contributed by atoms with Gasteiger partial charge in [-0.05, 0) is 17.9 Å². The second kappa shape index (κ2) is 6.80. The molecule has 0 radical (unpaired) electrons. The largest absolute Gasteiger partial charge is 0.481 e. The van der Waals surface area contributed by atoms with Crippen LogP contribution in [0.1, 0.15) is 31.0 Å². The maximum atomic E-state index is 10.7. The summed E-state index contributed by atoms with van der Waals surface area (Å²) in [5.41, 5.74) is 2.29. The average molecular weight is 308 g/mol. The zero-order valence-corrected chi connectivity index (χ0v) is 13.3. The second-order valence-corrected chi connectivity index (χ2v) is 6.17. The lowest BCUT2D eigenvalue weighted by molar-refractivity contribution is -0.133. The predicted octanol–water partition coefficient (Wildman–Crippen LogP) is 2.16. The molecule has 7 heteroatoms. The van der Waals surface area contributed by atoms with Crippen LogP contribution in [0.3, 0.4) is 0 Å². The van der Waals surface area contributed by atoms with E-state index in [-0.39, 0.29) is 5.75 Å². The first-order valence-electron chi connectivity index (χ1n) is 6.85. The molecule has 6 nitrogen and oxygen atoms in total. The van der Waals surface area contributed by atoms with E-state index in [1.807, 2.05) is 25.6 Å². The van der Waals surface area contributed by atoms with Crippen LogP contribution in [-0.2, 0) is 24.8 Å². The lowest BCUT2D eigenvalue weighted by Gasteiger charge is -2.13. The first-order chi connectivity index (χ1) is 9.97. The Morgan fingerprint density at radius 3 is 2.76 bits per heavy atom. The summed E-state index contributed by atoms with van der Waals surface area (Å²) >= 11 is 1.27. The number of carboxylic acid groups (broad SMARTS) is 1. The summed E-state index contributed by atoms with van der Waals surface area (Å²) in [4.78, 5) is 15.1. The number of imidazole rings is 1. The third kappa shape index (κ3) is 4.10. The molecule has 0 aliphatic heterocycles. The van der Waals surface area contributed by atoms with Gasteiger partial charge < -0.3 is 9.67 Å². The van der Waals surface area contributed by atoms with Crippen LogP contribution in [-0.4, -0.2) is 36.2 Å². The summed E-state index contributed by atoms with van der Waals surface area (Å²) in [5.74, 6) is -0.444. The third-order valence-electron chi connectivity index (χ3n) is 3.15. The van der Waals surface area contributed by atoms with Gasteiger partial charge in [-0.2, -0.15) is 5.10 Å². The van der Waals surface area contributed by atoms with Crippen LogP contribution in [0.5, 0.6) is 0 Å². The smallest absolute Gasteiger partial charge is 0.313 e. The van der Waals surface area contributed by atoms with Gasteiger partial charge in [0.05, 0.1) is 11.9 Å². The molecule has 2 aromatic rings. The Morgan fingerprint density at radius 1 is 1.43 bits per heavy atom. The zero-order chi connectivity index (χ0) is 15.4. The summed E-state index contributed by atoms with van der Waals surface area (Å²) in [5, 5.41) is 13.8. The van der Waals surface area contributed by atoms with Gasteiger partial charge in [-0.25, -0.2) is 4.98 Å². The molecule has 0 spiro atoms. The number of carbonyl (C=O) groups is 1. The number of hydrogen-bond donors (Lipinski definition) is 1. The highest BCUT2D eigenvalue weighted by Crippen LogP contribution is 2.23. The van der Waals surface area contributed by atoms with Crippen LogP contribution in [0.2, 0.25) is 0 Å². The van der Waals surface area contributed by atoms with Crippen molar-refractivity contribution in [2.45, 2.75) is 37.9 Å². The van der Waals surface area contributed by atoms with E-state index in [0.717, 1.165) is 29.4 Å². The SMILES string of the molecule is CC(C)c1cnc(SCC(=O)O)n1CCc1cnn(C)c1. The van der Waals surface area contributed by atoms with Gasteiger partial charge in [0.2, 0.25) is 0 Å². The van der Waals surface area contributed by atoms with Crippen molar-refractivity contribution in [3.05, 3.63) is 29.8 Å². The van der Waals surface area contributed by atoms with E-state index in [1.54, 1.807) is 4.68 Å². The van der Waals surface area contributed by atoms with E-state index in [1.165, 1.54) is 11.8 Å². The van der Waals surface area contributed by atoms with E-state index >= 15 is 0 Å². The molecular weight excluding hydrogens is 288 g/mol. The van der Waals surface area contributed by atoms with Crippen molar-refractivity contribution in [2.24, 2.45) is 7.05 Å². The van der Waals surface area contributed by atoms with Gasteiger partial charge in [0, 0.05) is 31.7 Å². The van der Waals surface area contributed by atoms with Gasteiger partial charge in [-0.3, -0.25) is 9.48 Å². The highest BCUT2D eigenvalue weighted by Gasteiger charge is 2.14. The van der Waals surface area contributed by atoms with E-state index in [0.29, 0.717) is 5.92 Å². The molecule has 2 rings (SSSR count). The van der Waals surface area contributed by atoms with E-state index < -0.39 is 5.97 Å². The Bertz CT molecular complexity index is 618. The fraction of sp³-hybridized carbons (Fsp3) is 0.500. The molecule has 0 aromatic carbocycles. The molecule has 0 saturated heterocycles. The summed E-state index contributed by atoms with van der Waals surface area (Å²) in [6, 6.07) is 0. The third-order valence-corrected chi connectivity index (χ3v) is 4.12. The normalized spacial score (nSPS) is 11.2. The number of carboxylic acids is 1. The molecule has 0 fully saturated rings. The maximum Gasteiger partial charge on any atom is 0.313 e. The number of aromatic nitrogens is 4. The molecule has 1 N–H and O–H groups in total. The minimum atomic E-state index is -0.826. The minimum absolute atomic E-state index is 0.0292. The minimum Gasteiger partial charge on any atom is -0.481 e. The number of nitrogens with zero attached hydrogens (tertiary/aromatic N) is 4. The predicted molar refractivity (Wildman–Crippen MR) is 81.6 cm³/mol. The summed E-state index contributed by atoms with van der Waals surface area (Å²) in [7, 11) is 1.90. The second-order valence-electron chi connectivity index (χ2n) is 5.23. The number of rotatable bonds is 7. The summed E-state index contributed by atoms with van der Waals surface area (Å²) in [6.45, 7) is 5.01. The van der Waals surface area contributed by atoms with Crippen LogP contribution in [0, 0.1) is 0 Å². The average Bonchev–Trinajstić information content (AvgIpc) is 2.99. The summed E-state index contributed by atoms with van der Waals surface area (Å²) < 4.78 is 3.90. The highest BCUT2D eigenvalue weighted by atomic mass is 32.2. The van der Waals surface area contributed by atoms with Crippen molar-refractivity contribution in [1.29, 1.82) is 0 Å². The van der Waals surface area contributed by atoms with Gasteiger partial charge in [-0.15, -0.1) is 0 Å². The van der Waals surface area contributed by atoms with Crippen molar-refractivity contribution in [3.8, 4) is 0 Å². The topological polar surface area (TPSA) is 72.9 Å². The van der Waals surface area contributed by atoms with Gasteiger partial charge in [0.15, 0.2) is 5.16 Å². The van der Waals surface area contributed by atoms with Crippen molar-refractivity contribution >= 4 is 17.7 Å².